The van der Waals surface area contributed by atoms with Crippen LogP contribution in [0.1, 0.15) is 12.6 Å². The van der Waals surface area contributed by atoms with E-state index >= 15 is 0 Å². The molecule has 0 spiro atoms. The Bertz CT molecular complexity index is 631. The van der Waals surface area contributed by atoms with Crippen LogP contribution < -0.4 is 10.9 Å². The van der Waals surface area contributed by atoms with Crippen LogP contribution in [0.5, 0.6) is 0 Å². The molecule has 0 amide bonds. The van der Waals surface area contributed by atoms with E-state index in [0.29, 0.717) is 18.8 Å². The standard InChI is InChI=1S/C15H21N3O2/c1-4-16-12(10-20-3)9-18-14-8-6-5-7-13(14)17-11(2)15(18)19/h5-8,12,16H,4,9-10H2,1-3H3. The predicted octanol–water partition coefficient (Wildman–Crippen LogP) is 1.33. The lowest BCUT2D eigenvalue weighted by Crippen LogP contribution is -2.40. The molecule has 1 heterocycles. The lowest BCUT2D eigenvalue weighted by molar-refractivity contribution is 0.159. The predicted molar refractivity (Wildman–Crippen MR) is 80.1 cm³/mol. The number of hydrogen-bond acceptors (Lipinski definition) is 4. The molecule has 0 radical (unpaired) electrons. The zero-order chi connectivity index (χ0) is 14.5. The number of methoxy groups -OCH3 is 1. The van der Waals surface area contributed by atoms with Gasteiger partial charge in [-0.05, 0) is 25.6 Å². The summed E-state index contributed by atoms with van der Waals surface area (Å²) in [6, 6.07) is 7.82. The molecule has 108 valence electrons. The second-order valence-electron chi connectivity index (χ2n) is 4.81. The molecule has 20 heavy (non-hydrogen) atoms. The fraction of sp³-hybridized carbons (Fsp3) is 0.467. The number of fused-ring (bicyclic) bond motifs is 1. The van der Waals surface area contributed by atoms with Gasteiger partial charge in [0.25, 0.3) is 5.56 Å². The monoisotopic (exact) mass is 275 g/mol. The van der Waals surface area contributed by atoms with Crippen LogP contribution in [0.2, 0.25) is 0 Å². The number of likely N-dealkylation sites (N-methyl/N-ethyl adjacent to an activating group) is 1. The first-order valence-electron chi connectivity index (χ1n) is 6.85. The van der Waals surface area contributed by atoms with Gasteiger partial charge in [0.2, 0.25) is 0 Å². The molecule has 0 fully saturated rings. The fourth-order valence-electron chi connectivity index (χ4n) is 2.39. The summed E-state index contributed by atoms with van der Waals surface area (Å²) in [5, 5.41) is 3.34. The van der Waals surface area contributed by atoms with Crippen LogP contribution >= 0.6 is 0 Å². The number of para-hydroxylation sites is 2. The molecule has 1 aromatic carbocycles. The fourth-order valence-corrected chi connectivity index (χ4v) is 2.39. The summed E-state index contributed by atoms with van der Waals surface area (Å²) in [4.78, 5) is 16.7. The molecule has 2 rings (SSSR count). The van der Waals surface area contributed by atoms with Gasteiger partial charge in [-0.3, -0.25) is 4.79 Å². The van der Waals surface area contributed by atoms with Crippen LogP contribution in [0.4, 0.5) is 0 Å². The molecule has 1 atom stereocenters. The maximum Gasteiger partial charge on any atom is 0.272 e. The van der Waals surface area contributed by atoms with E-state index in [4.69, 9.17) is 4.74 Å². The Balaban J connectivity index is 2.46. The van der Waals surface area contributed by atoms with Crippen molar-refractivity contribution >= 4 is 11.0 Å². The lowest BCUT2D eigenvalue weighted by atomic mass is 10.2. The van der Waals surface area contributed by atoms with E-state index < -0.39 is 0 Å². The number of aryl methyl sites for hydroxylation is 1. The molecule has 1 aromatic heterocycles. The summed E-state index contributed by atoms with van der Waals surface area (Å²) in [7, 11) is 1.67. The summed E-state index contributed by atoms with van der Waals surface area (Å²) in [6.07, 6.45) is 0. The van der Waals surface area contributed by atoms with E-state index in [-0.39, 0.29) is 11.6 Å². The van der Waals surface area contributed by atoms with Crippen molar-refractivity contribution in [2.24, 2.45) is 0 Å². The number of ether oxygens (including phenoxy) is 1. The van der Waals surface area contributed by atoms with Gasteiger partial charge in [0.1, 0.15) is 5.69 Å². The molecule has 5 heteroatoms. The average Bonchev–Trinajstić information content (AvgIpc) is 2.44. The molecule has 5 nitrogen and oxygen atoms in total. The Morgan fingerprint density at radius 1 is 1.40 bits per heavy atom. The Morgan fingerprint density at radius 3 is 2.85 bits per heavy atom. The van der Waals surface area contributed by atoms with Crippen LogP contribution in [-0.2, 0) is 11.3 Å². The quantitative estimate of drug-likeness (QED) is 0.864. The first kappa shape index (κ1) is 14.7. The Hall–Kier alpha value is -1.72. The van der Waals surface area contributed by atoms with Crippen molar-refractivity contribution in [3.8, 4) is 0 Å². The molecular formula is C15H21N3O2. The van der Waals surface area contributed by atoms with E-state index in [1.807, 2.05) is 31.2 Å². The second-order valence-corrected chi connectivity index (χ2v) is 4.81. The van der Waals surface area contributed by atoms with E-state index in [2.05, 4.69) is 10.3 Å². The molecule has 0 aliphatic heterocycles. The topological polar surface area (TPSA) is 56.1 Å². The van der Waals surface area contributed by atoms with E-state index in [1.54, 1.807) is 18.6 Å². The highest BCUT2D eigenvalue weighted by molar-refractivity contribution is 5.74. The number of rotatable bonds is 6. The third-order valence-corrected chi connectivity index (χ3v) is 3.28. The molecule has 0 aliphatic rings. The first-order chi connectivity index (χ1) is 9.67. The molecule has 0 saturated carbocycles. The molecule has 0 aliphatic carbocycles. The number of benzene rings is 1. The number of nitrogens with zero attached hydrogens (tertiary/aromatic N) is 2. The van der Waals surface area contributed by atoms with Crippen LogP contribution in [0.3, 0.4) is 0 Å². The summed E-state index contributed by atoms with van der Waals surface area (Å²) >= 11 is 0. The van der Waals surface area contributed by atoms with E-state index in [1.165, 1.54) is 0 Å². The van der Waals surface area contributed by atoms with Gasteiger partial charge < -0.3 is 14.6 Å². The van der Waals surface area contributed by atoms with Crippen molar-refractivity contribution in [1.82, 2.24) is 14.9 Å². The molecule has 1 N–H and O–H groups in total. The van der Waals surface area contributed by atoms with Crippen molar-refractivity contribution in [2.45, 2.75) is 26.4 Å². The number of nitrogens with one attached hydrogen (secondary N) is 1. The minimum Gasteiger partial charge on any atom is -0.383 e. The third kappa shape index (κ3) is 3.05. The highest BCUT2D eigenvalue weighted by atomic mass is 16.5. The Labute approximate surface area is 118 Å². The summed E-state index contributed by atoms with van der Waals surface area (Å²) in [6.45, 7) is 5.77. The minimum absolute atomic E-state index is 0.0392. The van der Waals surface area contributed by atoms with Crippen molar-refractivity contribution in [3.05, 3.63) is 40.3 Å². The van der Waals surface area contributed by atoms with Crippen LogP contribution in [0.25, 0.3) is 11.0 Å². The lowest BCUT2D eigenvalue weighted by Gasteiger charge is -2.19. The summed E-state index contributed by atoms with van der Waals surface area (Å²) in [5.41, 5.74) is 2.19. The zero-order valence-electron chi connectivity index (χ0n) is 12.2. The Morgan fingerprint density at radius 2 is 2.15 bits per heavy atom. The van der Waals surface area contributed by atoms with Crippen LogP contribution in [0.15, 0.2) is 29.1 Å². The van der Waals surface area contributed by atoms with Gasteiger partial charge in [-0.2, -0.15) is 0 Å². The molecular weight excluding hydrogens is 254 g/mol. The molecule has 0 bridgehead atoms. The van der Waals surface area contributed by atoms with Crippen LogP contribution in [-0.4, -0.2) is 35.9 Å². The average molecular weight is 275 g/mol. The molecule has 2 aromatic rings. The van der Waals surface area contributed by atoms with Gasteiger partial charge in [-0.25, -0.2) is 4.98 Å². The van der Waals surface area contributed by atoms with Gasteiger partial charge in [0.15, 0.2) is 0 Å². The van der Waals surface area contributed by atoms with Crippen molar-refractivity contribution in [3.63, 3.8) is 0 Å². The van der Waals surface area contributed by atoms with E-state index in [9.17, 15) is 4.79 Å². The van der Waals surface area contributed by atoms with Gasteiger partial charge in [0.05, 0.1) is 17.6 Å². The largest absolute Gasteiger partial charge is 0.383 e. The smallest absolute Gasteiger partial charge is 0.272 e. The Kier molecular flexibility index (Phi) is 4.87. The van der Waals surface area contributed by atoms with E-state index in [0.717, 1.165) is 17.6 Å². The van der Waals surface area contributed by atoms with Gasteiger partial charge >= 0.3 is 0 Å². The maximum atomic E-state index is 12.4. The van der Waals surface area contributed by atoms with Crippen LogP contribution in [0, 0.1) is 6.92 Å². The van der Waals surface area contributed by atoms with Gasteiger partial charge in [-0.15, -0.1) is 0 Å². The second kappa shape index (κ2) is 6.63. The summed E-state index contributed by atoms with van der Waals surface area (Å²) in [5.74, 6) is 0. The van der Waals surface area contributed by atoms with Crippen molar-refractivity contribution in [2.75, 3.05) is 20.3 Å². The maximum absolute atomic E-state index is 12.4. The minimum atomic E-state index is -0.0392. The van der Waals surface area contributed by atoms with Gasteiger partial charge in [-0.1, -0.05) is 19.1 Å². The van der Waals surface area contributed by atoms with Crippen molar-refractivity contribution < 1.29 is 4.74 Å². The number of hydrogen-bond donors (Lipinski definition) is 1. The zero-order valence-corrected chi connectivity index (χ0v) is 12.2. The highest BCUT2D eigenvalue weighted by Crippen LogP contribution is 2.10. The normalized spacial score (nSPS) is 12.8. The summed E-state index contributed by atoms with van der Waals surface area (Å²) < 4.78 is 7.00. The number of aromatic nitrogens is 2. The van der Waals surface area contributed by atoms with Crippen molar-refractivity contribution in [1.29, 1.82) is 0 Å². The van der Waals surface area contributed by atoms with Gasteiger partial charge in [0, 0.05) is 19.7 Å². The molecule has 1 unspecified atom stereocenters. The third-order valence-electron chi connectivity index (χ3n) is 3.28. The highest BCUT2D eigenvalue weighted by Gasteiger charge is 2.13. The molecule has 0 saturated heterocycles. The first-order valence-corrected chi connectivity index (χ1v) is 6.85. The SMILES string of the molecule is CCNC(COC)Cn1c(=O)c(C)nc2ccccc21.